The quantitative estimate of drug-likeness (QED) is 0.774. The molecule has 1 unspecified atom stereocenters. The molecule has 2 rings (SSSR count). The van der Waals surface area contributed by atoms with Gasteiger partial charge in [0.15, 0.2) is 11.5 Å². The van der Waals surface area contributed by atoms with E-state index in [4.69, 9.17) is 9.47 Å². The van der Waals surface area contributed by atoms with Crippen molar-refractivity contribution in [3.63, 3.8) is 0 Å². The van der Waals surface area contributed by atoms with Crippen LogP contribution in [0.2, 0.25) is 0 Å². The lowest BCUT2D eigenvalue weighted by molar-refractivity contribution is 0.193. The van der Waals surface area contributed by atoms with Crippen molar-refractivity contribution < 1.29 is 19.0 Å². The predicted octanol–water partition coefficient (Wildman–Crippen LogP) is 2.04. The van der Waals surface area contributed by atoms with Gasteiger partial charge in [-0.05, 0) is 13.0 Å². The van der Waals surface area contributed by atoms with E-state index in [0.717, 1.165) is 6.42 Å². The molecule has 0 saturated carbocycles. The van der Waals surface area contributed by atoms with Crippen LogP contribution in [-0.2, 0) is 0 Å². The Morgan fingerprint density at radius 3 is 2.47 bits per heavy atom. The summed E-state index contributed by atoms with van der Waals surface area (Å²) in [7, 11) is 0. The maximum atomic E-state index is 13.5. The molecule has 1 heterocycles. The molecule has 1 aliphatic heterocycles. The Balaban J connectivity index is 2.42. The summed E-state index contributed by atoms with van der Waals surface area (Å²) in [5, 5.41) is 9.34. The average molecular weight is 212 g/mol. The van der Waals surface area contributed by atoms with Crippen LogP contribution in [0.4, 0.5) is 4.39 Å². The van der Waals surface area contributed by atoms with E-state index in [1.54, 1.807) is 0 Å². The first-order valence-corrected chi connectivity index (χ1v) is 4.95. The van der Waals surface area contributed by atoms with Crippen LogP contribution >= 0.6 is 0 Å². The van der Waals surface area contributed by atoms with Crippen molar-refractivity contribution in [2.45, 2.75) is 19.4 Å². The van der Waals surface area contributed by atoms with Crippen LogP contribution in [0.5, 0.6) is 11.5 Å². The number of rotatable bonds is 1. The lowest BCUT2D eigenvalue weighted by Gasteiger charge is -2.12. The summed E-state index contributed by atoms with van der Waals surface area (Å²) in [6, 6.07) is 2.77. The number of benzene rings is 1. The predicted molar refractivity (Wildman–Crippen MR) is 52.6 cm³/mol. The van der Waals surface area contributed by atoms with E-state index < -0.39 is 11.9 Å². The van der Waals surface area contributed by atoms with Crippen molar-refractivity contribution in [2.24, 2.45) is 0 Å². The summed E-state index contributed by atoms with van der Waals surface area (Å²) in [5.41, 5.74) is 0.235. The Morgan fingerprint density at radius 2 is 1.87 bits per heavy atom. The monoisotopic (exact) mass is 212 g/mol. The van der Waals surface area contributed by atoms with Crippen molar-refractivity contribution >= 4 is 0 Å². The van der Waals surface area contributed by atoms with Crippen molar-refractivity contribution in [1.82, 2.24) is 0 Å². The fourth-order valence-corrected chi connectivity index (χ4v) is 1.52. The highest BCUT2D eigenvalue weighted by atomic mass is 19.1. The molecule has 1 aliphatic rings. The minimum absolute atomic E-state index is 0.235. The number of fused-ring (bicyclic) bond motifs is 1. The molecule has 0 bridgehead atoms. The summed E-state index contributed by atoms with van der Waals surface area (Å²) < 4.78 is 24.2. The van der Waals surface area contributed by atoms with Gasteiger partial charge in [-0.25, -0.2) is 4.39 Å². The summed E-state index contributed by atoms with van der Waals surface area (Å²) in [6.45, 7) is 2.60. The van der Waals surface area contributed by atoms with Crippen molar-refractivity contribution in [2.75, 3.05) is 13.2 Å². The Kier molecular flexibility index (Phi) is 2.77. The van der Waals surface area contributed by atoms with Crippen LogP contribution in [-0.4, -0.2) is 18.3 Å². The molecule has 4 heteroatoms. The Hall–Kier alpha value is -1.29. The normalized spacial score (nSPS) is 17.0. The third kappa shape index (κ3) is 2.04. The highest BCUT2D eigenvalue weighted by molar-refractivity contribution is 5.44. The second-order valence-corrected chi connectivity index (χ2v) is 3.55. The van der Waals surface area contributed by atoms with Gasteiger partial charge in [0.05, 0.1) is 19.3 Å². The number of halogens is 1. The van der Waals surface area contributed by atoms with Gasteiger partial charge in [0, 0.05) is 18.1 Å². The molecule has 82 valence electrons. The van der Waals surface area contributed by atoms with E-state index in [9.17, 15) is 9.50 Å². The molecule has 0 spiro atoms. The number of hydrogen-bond donors (Lipinski definition) is 1. The van der Waals surface area contributed by atoms with Crippen molar-refractivity contribution in [3.05, 3.63) is 23.5 Å². The first-order valence-electron chi connectivity index (χ1n) is 4.95. The van der Waals surface area contributed by atoms with Gasteiger partial charge in [0.2, 0.25) is 0 Å². The average Bonchev–Trinajstić information content (AvgIpc) is 2.40. The van der Waals surface area contributed by atoms with E-state index in [1.807, 2.05) is 0 Å². The van der Waals surface area contributed by atoms with Crippen LogP contribution in [0.15, 0.2) is 12.1 Å². The molecule has 3 nitrogen and oxygen atoms in total. The summed E-state index contributed by atoms with van der Waals surface area (Å²) in [4.78, 5) is 0. The van der Waals surface area contributed by atoms with Crippen LogP contribution < -0.4 is 9.47 Å². The first-order chi connectivity index (χ1) is 7.18. The highest BCUT2D eigenvalue weighted by Gasteiger charge is 2.17. The van der Waals surface area contributed by atoms with E-state index in [-0.39, 0.29) is 5.56 Å². The van der Waals surface area contributed by atoms with Crippen LogP contribution in [0.1, 0.15) is 25.0 Å². The van der Waals surface area contributed by atoms with Gasteiger partial charge < -0.3 is 14.6 Å². The fourth-order valence-electron chi connectivity index (χ4n) is 1.52. The summed E-state index contributed by atoms with van der Waals surface area (Å²) in [6.07, 6.45) is -0.0671. The van der Waals surface area contributed by atoms with E-state index in [1.165, 1.54) is 19.1 Å². The lowest BCUT2D eigenvalue weighted by atomic mass is 10.1. The summed E-state index contributed by atoms with van der Waals surface area (Å²) >= 11 is 0. The zero-order chi connectivity index (χ0) is 10.8. The SMILES string of the molecule is CC(O)c1cc2c(cc1F)OCCCO2. The number of hydrogen-bond acceptors (Lipinski definition) is 3. The topological polar surface area (TPSA) is 38.7 Å². The molecule has 0 radical (unpaired) electrons. The second kappa shape index (κ2) is 4.06. The number of aliphatic hydroxyl groups is 1. The Morgan fingerprint density at radius 1 is 1.27 bits per heavy atom. The second-order valence-electron chi connectivity index (χ2n) is 3.55. The summed E-state index contributed by atoms with van der Waals surface area (Å²) in [5.74, 6) is 0.452. The van der Waals surface area contributed by atoms with Crippen LogP contribution in [0, 0.1) is 5.82 Å². The number of aliphatic hydroxyl groups excluding tert-OH is 1. The minimum Gasteiger partial charge on any atom is -0.490 e. The molecule has 15 heavy (non-hydrogen) atoms. The van der Waals surface area contributed by atoms with Gasteiger partial charge in [-0.1, -0.05) is 0 Å². The third-order valence-electron chi connectivity index (χ3n) is 2.32. The van der Waals surface area contributed by atoms with E-state index in [0.29, 0.717) is 24.7 Å². The van der Waals surface area contributed by atoms with Crippen molar-refractivity contribution in [3.8, 4) is 11.5 Å². The standard InChI is InChI=1S/C11H13FO3/c1-7(13)8-5-10-11(6-9(8)12)15-4-2-3-14-10/h5-7,13H,2-4H2,1H3. The molecule has 1 N–H and O–H groups in total. The van der Waals surface area contributed by atoms with Gasteiger partial charge in [-0.2, -0.15) is 0 Å². The van der Waals surface area contributed by atoms with Crippen molar-refractivity contribution in [1.29, 1.82) is 0 Å². The first kappa shape index (κ1) is 10.2. The van der Waals surface area contributed by atoms with Gasteiger partial charge in [-0.15, -0.1) is 0 Å². The third-order valence-corrected chi connectivity index (χ3v) is 2.32. The molecule has 0 fully saturated rings. The van der Waals surface area contributed by atoms with Gasteiger partial charge in [-0.3, -0.25) is 0 Å². The van der Waals surface area contributed by atoms with E-state index >= 15 is 0 Å². The largest absolute Gasteiger partial charge is 0.490 e. The maximum absolute atomic E-state index is 13.5. The Labute approximate surface area is 87.4 Å². The molecule has 0 amide bonds. The number of ether oxygens (including phenoxy) is 2. The minimum atomic E-state index is -0.845. The zero-order valence-corrected chi connectivity index (χ0v) is 8.50. The van der Waals surface area contributed by atoms with Crippen LogP contribution in [0.3, 0.4) is 0 Å². The molecular formula is C11H13FO3. The van der Waals surface area contributed by atoms with E-state index in [2.05, 4.69) is 0 Å². The lowest BCUT2D eigenvalue weighted by Crippen LogP contribution is -1.99. The smallest absolute Gasteiger partial charge is 0.164 e. The fraction of sp³-hybridized carbons (Fsp3) is 0.455. The highest BCUT2D eigenvalue weighted by Crippen LogP contribution is 2.34. The van der Waals surface area contributed by atoms with Gasteiger partial charge >= 0.3 is 0 Å². The molecule has 1 atom stereocenters. The molecule has 1 aromatic carbocycles. The van der Waals surface area contributed by atoms with Gasteiger partial charge in [0.25, 0.3) is 0 Å². The molecule has 0 aromatic heterocycles. The molecule has 1 aromatic rings. The molecule has 0 aliphatic carbocycles. The van der Waals surface area contributed by atoms with Gasteiger partial charge in [0.1, 0.15) is 5.82 Å². The molecule has 0 saturated heterocycles. The maximum Gasteiger partial charge on any atom is 0.164 e. The van der Waals surface area contributed by atoms with Crippen LogP contribution in [0.25, 0.3) is 0 Å². The molecular weight excluding hydrogens is 199 g/mol. The Bertz CT molecular complexity index is 363. The zero-order valence-electron chi connectivity index (χ0n) is 8.50.